The van der Waals surface area contributed by atoms with Gasteiger partial charge in [0.15, 0.2) is 0 Å². The van der Waals surface area contributed by atoms with Crippen LogP contribution < -0.4 is 16.0 Å². The Morgan fingerprint density at radius 2 is 1.72 bits per heavy atom. The lowest BCUT2D eigenvalue weighted by molar-refractivity contribution is -0.115. The van der Waals surface area contributed by atoms with Crippen molar-refractivity contribution < 1.29 is 14.0 Å². The molecule has 0 bridgehead atoms. The fourth-order valence-electron chi connectivity index (χ4n) is 3.34. The summed E-state index contributed by atoms with van der Waals surface area (Å²) < 4.78 is 5.24. The first-order valence-electron chi connectivity index (χ1n) is 10.2. The van der Waals surface area contributed by atoms with E-state index in [0.717, 1.165) is 10.4 Å². The first-order chi connectivity index (χ1) is 15.7. The molecule has 1 atom stereocenters. The number of benzene rings is 2. The molecular formula is C25H23N3O3S. The Morgan fingerprint density at radius 3 is 2.47 bits per heavy atom. The predicted molar refractivity (Wildman–Crippen MR) is 126 cm³/mol. The summed E-state index contributed by atoms with van der Waals surface area (Å²) in [6, 6.07) is 24.4. The molecule has 2 aromatic carbocycles. The molecule has 2 heterocycles. The van der Waals surface area contributed by atoms with Crippen molar-refractivity contribution in [3.05, 3.63) is 112 Å². The molecule has 6 nitrogen and oxygen atoms in total. The first-order valence-corrected chi connectivity index (χ1v) is 11.1. The molecule has 0 fully saturated rings. The van der Waals surface area contributed by atoms with Crippen LogP contribution in [-0.4, -0.2) is 18.4 Å². The lowest BCUT2D eigenvalue weighted by Crippen LogP contribution is -2.32. The second-order valence-electron chi connectivity index (χ2n) is 7.10. The van der Waals surface area contributed by atoms with Gasteiger partial charge in [0.1, 0.15) is 5.76 Å². The summed E-state index contributed by atoms with van der Waals surface area (Å²) in [7, 11) is 0. The SMILES string of the molecule is O=C(CNC(c1ccccc1)c1cccs1)Nc1ccccc1C(=O)NCc1ccco1. The maximum atomic E-state index is 12.7. The molecule has 4 aromatic rings. The zero-order valence-electron chi connectivity index (χ0n) is 17.3. The van der Waals surface area contributed by atoms with E-state index < -0.39 is 0 Å². The van der Waals surface area contributed by atoms with Crippen molar-refractivity contribution in [1.29, 1.82) is 0 Å². The van der Waals surface area contributed by atoms with Crippen molar-refractivity contribution in [2.75, 3.05) is 11.9 Å². The molecule has 32 heavy (non-hydrogen) atoms. The first kappa shape index (κ1) is 21.5. The molecule has 0 aliphatic heterocycles. The van der Waals surface area contributed by atoms with Crippen LogP contribution in [0.25, 0.3) is 0 Å². The lowest BCUT2D eigenvalue weighted by Gasteiger charge is -2.18. The Balaban J connectivity index is 1.40. The molecule has 2 amide bonds. The number of carbonyl (C=O) groups is 2. The van der Waals surface area contributed by atoms with Gasteiger partial charge < -0.3 is 15.1 Å². The molecule has 7 heteroatoms. The zero-order valence-corrected chi connectivity index (χ0v) is 18.1. The van der Waals surface area contributed by atoms with E-state index in [4.69, 9.17) is 4.42 Å². The van der Waals surface area contributed by atoms with Crippen LogP contribution in [0.3, 0.4) is 0 Å². The van der Waals surface area contributed by atoms with E-state index in [9.17, 15) is 9.59 Å². The summed E-state index contributed by atoms with van der Waals surface area (Å²) in [5, 5.41) is 11.0. The molecule has 0 radical (unpaired) electrons. The third-order valence-electron chi connectivity index (χ3n) is 4.88. The van der Waals surface area contributed by atoms with Crippen LogP contribution in [0.4, 0.5) is 5.69 Å². The number of para-hydroxylation sites is 1. The number of amides is 2. The molecule has 0 aliphatic rings. The summed E-state index contributed by atoms with van der Waals surface area (Å²) in [6.45, 7) is 0.370. The highest BCUT2D eigenvalue weighted by molar-refractivity contribution is 7.10. The normalized spacial score (nSPS) is 11.6. The average molecular weight is 446 g/mol. The van der Waals surface area contributed by atoms with E-state index in [1.807, 2.05) is 47.8 Å². The molecule has 0 spiro atoms. The molecule has 162 valence electrons. The number of thiophene rings is 1. The Morgan fingerprint density at radius 1 is 0.906 bits per heavy atom. The summed E-state index contributed by atoms with van der Waals surface area (Å²) >= 11 is 1.64. The number of carbonyl (C=O) groups excluding carboxylic acids is 2. The van der Waals surface area contributed by atoms with E-state index in [2.05, 4.69) is 16.0 Å². The monoisotopic (exact) mass is 445 g/mol. The van der Waals surface area contributed by atoms with Gasteiger partial charge in [-0.15, -0.1) is 11.3 Å². The lowest BCUT2D eigenvalue weighted by atomic mass is 10.1. The van der Waals surface area contributed by atoms with Crippen LogP contribution in [-0.2, 0) is 11.3 Å². The third kappa shape index (κ3) is 5.51. The zero-order chi connectivity index (χ0) is 22.2. The summed E-state index contributed by atoms with van der Waals surface area (Å²) in [5.74, 6) is 0.143. The van der Waals surface area contributed by atoms with Crippen molar-refractivity contribution in [2.45, 2.75) is 12.6 Å². The fourth-order valence-corrected chi connectivity index (χ4v) is 4.17. The molecule has 4 rings (SSSR count). The highest BCUT2D eigenvalue weighted by Crippen LogP contribution is 2.25. The van der Waals surface area contributed by atoms with E-state index in [1.54, 1.807) is 54.0 Å². The molecule has 2 aromatic heterocycles. The van der Waals surface area contributed by atoms with Gasteiger partial charge >= 0.3 is 0 Å². The van der Waals surface area contributed by atoms with Gasteiger partial charge in [0, 0.05) is 4.88 Å². The summed E-state index contributed by atoms with van der Waals surface area (Å²) in [5.41, 5.74) is 1.94. The van der Waals surface area contributed by atoms with Crippen molar-refractivity contribution in [1.82, 2.24) is 10.6 Å². The second kappa shape index (κ2) is 10.6. The number of anilines is 1. The van der Waals surface area contributed by atoms with Crippen molar-refractivity contribution in [3.8, 4) is 0 Å². The van der Waals surface area contributed by atoms with Gasteiger partial charge in [0.05, 0.1) is 36.6 Å². The summed E-state index contributed by atoms with van der Waals surface area (Å²) in [4.78, 5) is 26.5. The molecule has 1 unspecified atom stereocenters. The van der Waals surface area contributed by atoms with Crippen molar-refractivity contribution in [2.24, 2.45) is 0 Å². The van der Waals surface area contributed by atoms with Gasteiger partial charge in [-0.05, 0) is 41.3 Å². The number of furan rings is 1. The summed E-state index contributed by atoms with van der Waals surface area (Å²) in [6.07, 6.45) is 1.56. The average Bonchev–Trinajstić information content (AvgIpc) is 3.53. The highest BCUT2D eigenvalue weighted by atomic mass is 32.1. The van der Waals surface area contributed by atoms with Crippen LogP contribution in [0.1, 0.15) is 32.6 Å². The Hall–Kier alpha value is -3.68. The Kier molecular flexibility index (Phi) is 7.12. The van der Waals surface area contributed by atoms with Gasteiger partial charge in [-0.25, -0.2) is 0 Å². The number of hydrogen-bond acceptors (Lipinski definition) is 5. The van der Waals surface area contributed by atoms with Crippen LogP contribution in [0.15, 0.2) is 94.9 Å². The quantitative estimate of drug-likeness (QED) is 0.352. The molecule has 3 N–H and O–H groups in total. The minimum Gasteiger partial charge on any atom is -0.467 e. The topological polar surface area (TPSA) is 83.4 Å². The maximum Gasteiger partial charge on any atom is 0.253 e. The van der Waals surface area contributed by atoms with Gasteiger partial charge in [-0.2, -0.15) is 0 Å². The third-order valence-corrected chi connectivity index (χ3v) is 5.81. The second-order valence-corrected chi connectivity index (χ2v) is 8.08. The number of rotatable bonds is 9. The van der Waals surface area contributed by atoms with Gasteiger partial charge in [0.2, 0.25) is 5.91 Å². The minimum absolute atomic E-state index is 0.0891. The minimum atomic E-state index is -0.286. The van der Waals surface area contributed by atoms with Crippen molar-refractivity contribution >= 4 is 28.8 Å². The van der Waals surface area contributed by atoms with E-state index >= 15 is 0 Å². The Bertz CT molecular complexity index is 1140. The van der Waals surface area contributed by atoms with Gasteiger partial charge in [-0.1, -0.05) is 48.5 Å². The van der Waals surface area contributed by atoms with Crippen LogP contribution in [0.2, 0.25) is 0 Å². The van der Waals surface area contributed by atoms with E-state index in [-0.39, 0.29) is 30.9 Å². The van der Waals surface area contributed by atoms with E-state index in [1.165, 1.54) is 0 Å². The number of hydrogen-bond donors (Lipinski definition) is 3. The maximum absolute atomic E-state index is 12.7. The van der Waals surface area contributed by atoms with Gasteiger partial charge in [0.25, 0.3) is 5.91 Å². The molecule has 0 saturated heterocycles. The molecule has 0 aliphatic carbocycles. The molecule has 0 saturated carbocycles. The standard InChI is InChI=1S/C25H23N3O3S/c29-23(17-26-24(22-13-7-15-32-22)18-8-2-1-3-9-18)28-21-12-5-4-11-20(21)25(30)27-16-19-10-6-14-31-19/h1-15,24,26H,16-17H2,(H,27,30)(H,28,29). The smallest absolute Gasteiger partial charge is 0.253 e. The van der Waals surface area contributed by atoms with Gasteiger partial charge in [-0.3, -0.25) is 14.9 Å². The van der Waals surface area contributed by atoms with Crippen molar-refractivity contribution in [3.63, 3.8) is 0 Å². The Labute approximate surface area is 190 Å². The fraction of sp³-hybridized carbons (Fsp3) is 0.120. The van der Waals surface area contributed by atoms with Crippen LogP contribution >= 0.6 is 11.3 Å². The van der Waals surface area contributed by atoms with Crippen LogP contribution in [0.5, 0.6) is 0 Å². The molecular weight excluding hydrogens is 422 g/mol. The highest BCUT2D eigenvalue weighted by Gasteiger charge is 2.17. The largest absolute Gasteiger partial charge is 0.467 e. The number of nitrogens with one attached hydrogen (secondary N) is 3. The van der Waals surface area contributed by atoms with Crippen LogP contribution in [0, 0.1) is 0 Å². The predicted octanol–water partition coefficient (Wildman–Crippen LogP) is 4.59. The van der Waals surface area contributed by atoms with E-state index in [0.29, 0.717) is 17.0 Å².